The molecule has 0 amide bonds. The second-order valence-corrected chi connectivity index (χ2v) is 10.4. The Kier molecular flexibility index (Phi) is 8.92. The Hall–Kier alpha value is -4.76. The second kappa shape index (κ2) is 12.4. The maximum atomic E-state index is 12.6. The van der Waals surface area contributed by atoms with Gasteiger partial charge in [-0.05, 0) is 92.3 Å². The van der Waals surface area contributed by atoms with Gasteiger partial charge in [0.25, 0.3) is 0 Å². The van der Waals surface area contributed by atoms with E-state index in [4.69, 9.17) is 9.47 Å². The van der Waals surface area contributed by atoms with Crippen molar-refractivity contribution in [2.24, 2.45) is 0 Å². The van der Waals surface area contributed by atoms with Crippen LogP contribution in [0.4, 0.5) is 0 Å². The Morgan fingerprint density at radius 2 is 1.38 bits per heavy atom. The molecule has 0 fully saturated rings. The Labute approximate surface area is 244 Å². The van der Waals surface area contributed by atoms with Crippen LogP contribution in [0, 0.1) is 6.92 Å². The summed E-state index contributed by atoms with van der Waals surface area (Å²) in [5.74, 6) is -1.04. The lowest BCUT2D eigenvalue weighted by Crippen LogP contribution is -2.35. The maximum absolute atomic E-state index is 12.6. The fourth-order valence-electron chi connectivity index (χ4n) is 5.65. The number of hydrogen-bond donors (Lipinski definition) is 7. The van der Waals surface area contributed by atoms with Crippen LogP contribution < -0.4 is 9.47 Å². The lowest BCUT2D eigenvalue weighted by molar-refractivity contribution is -0.00696. The molecule has 2 unspecified atom stereocenters. The van der Waals surface area contributed by atoms with Crippen molar-refractivity contribution in [1.82, 2.24) is 0 Å². The molecule has 0 heterocycles. The molecule has 4 aromatic carbocycles. The summed E-state index contributed by atoms with van der Waals surface area (Å²) in [4.78, 5) is 0. The number of methoxy groups -OCH3 is 2. The van der Waals surface area contributed by atoms with E-state index in [9.17, 15) is 35.7 Å². The van der Waals surface area contributed by atoms with Crippen LogP contribution in [0.5, 0.6) is 46.0 Å². The molecule has 0 spiro atoms. The van der Waals surface area contributed by atoms with E-state index in [1.165, 1.54) is 42.5 Å². The minimum absolute atomic E-state index is 0.00586. The van der Waals surface area contributed by atoms with E-state index in [-0.39, 0.29) is 64.9 Å². The summed E-state index contributed by atoms with van der Waals surface area (Å²) in [5, 5.41) is 74.7. The van der Waals surface area contributed by atoms with Gasteiger partial charge < -0.3 is 45.2 Å². The number of phenolic OH excluding ortho intramolecular Hbond substituents is 6. The van der Waals surface area contributed by atoms with Crippen LogP contribution in [-0.4, -0.2) is 50.0 Å². The van der Waals surface area contributed by atoms with Gasteiger partial charge in [-0.3, -0.25) is 0 Å². The Morgan fingerprint density at radius 3 is 2.05 bits per heavy atom. The number of ether oxygens (including phenoxy) is 2. The van der Waals surface area contributed by atoms with E-state index in [2.05, 4.69) is 0 Å². The average Bonchev–Trinajstić information content (AvgIpc) is 2.95. The average molecular weight is 577 g/mol. The fourth-order valence-corrected chi connectivity index (χ4v) is 5.65. The Bertz CT molecular complexity index is 1570. The first-order valence-corrected chi connectivity index (χ1v) is 13.5. The number of aromatic hydroxyl groups is 6. The summed E-state index contributed by atoms with van der Waals surface area (Å²) >= 11 is 0. The number of hydrogen-bond acceptors (Lipinski definition) is 9. The molecule has 42 heavy (non-hydrogen) atoms. The van der Waals surface area contributed by atoms with Crippen LogP contribution in [0.15, 0.2) is 66.7 Å². The molecule has 0 radical (unpaired) electrons. The summed E-state index contributed by atoms with van der Waals surface area (Å²) in [6.45, 7) is 1.87. The van der Waals surface area contributed by atoms with Crippen molar-refractivity contribution in [3.05, 3.63) is 94.5 Å². The van der Waals surface area contributed by atoms with Crippen LogP contribution in [0.1, 0.15) is 46.6 Å². The minimum Gasteiger partial charge on any atom is -0.508 e. The molecule has 0 saturated carbocycles. The molecule has 4 rings (SSSR count). The minimum atomic E-state index is -1.86. The van der Waals surface area contributed by atoms with Crippen LogP contribution in [0.3, 0.4) is 0 Å². The van der Waals surface area contributed by atoms with Gasteiger partial charge in [-0.2, -0.15) is 0 Å². The number of aryl methyl sites for hydroxylation is 2. The van der Waals surface area contributed by atoms with Gasteiger partial charge in [0.1, 0.15) is 40.1 Å². The van der Waals surface area contributed by atoms with Crippen LogP contribution >= 0.6 is 0 Å². The Morgan fingerprint density at radius 1 is 0.690 bits per heavy atom. The SMILES string of the molecule is COc1ccc(CCC(c2cc(O)ccc2O)C(O)(CCc2ccc(O)c(O)c2)c2ccc(O)cc2O)c(OC)c1C. The predicted octanol–water partition coefficient (Wildman–Crippen LogP) is 5.48. The highest BCUT2D eigenvalue weighted by molar-refractivity contribution is 5.51. The lowest BCUT2D eigenvalue weighted by Gasteiger charge is -2.38. The highest BCUT2D eigenvalue weighted by atomic mass is 16.5. The largest absolute Gasteiger partial charge is 0.508 e. The highest BCUT2D eigenvalue weighted by Crippen LogP contribution is 2.50. The van der Waals surface area contributed by atoms with Crippen LogP contribution in [-0.2, 0) is 18.4 Å². The van der Waals surface area contributed by atoms with Gasteiger partial charge in [0.2, 0.25) is 0 Å². The standard InChI is InChI=1S/C33H36O9/c1-19-31(41-2)13-6-21(32(19)42-3)5-9-25(24-17-22(34)8-12-27(24)36)33(40,26-10-7-23(35)18-29(26)38)15-14-20-4-11-28(37)30(39)16-20/h4,6-8,10-13,16-18,25,34-40H,5,9,14-15H2,1-3H3. The summed E-state index contributed by atoms with van der Waals surface area (Å²) in [6, 6.07) is 16.0. The molecular weight excluding hydrogens is 540 g/mol. The van der Waals surface area contributed by atoms with Gasteiger partial charge in [-0.15, -0.1) is 0 Å². The van der Waals surface area contributed by atoms with Crippen molar-refractivity contribution in [2.45, 2.75) is 44.1 Å². The van der Waals surface area contributed by atoms with Gasteiger partial charge in [0, 0.05) is 28.7 Å². The summed E-state index contributed by atoms with van der Waals surface area (Å²) < 4.78 is 11.1. The summed E-state index contributed by atoms with van der Waals surface area (Å²) in [5.41, 5.74) is 0.727. The molecule has 2 atom stereocenters. The molecule has 0 saturated heterocycles. The third kappa shape index (κ3) is 6.11. The molecule has 0 aliphatic carbocycles. The van der Waals surface area contributed by atoms with Crippen molar-refractivity contribution in [1.29, 1.82) is 0 Å². The lowest BCUT2D eigenvalue weighted by atomic mass is 9.71. The van der Waals surface area contributed by atoms with E-state index >= 15 is 0 Å². The van der Waals surface area contributed by atoms with Crippen molar-refractivity contribution in [3.8, 4) is 46.0 Å². The first-order chi connectivity index (χ1) is 20.0. The molecular formula is C33H36O9. The van der Waals surface area contributed by atoms with Crippen LogP contribution in [0.25, 0.3) is 0 Å². The molecule has 0 aromatic heterocycles. The molecule has 9 nitrogen and oxygen atoms in total. The molecule has 9 heteroatoms. The highest BCUT2D eigenvalue weighted by Gasteiger charge is 2.42. The van der Waals surface area contributed by atoms with Gasteiger partial charge >= 0.3 is 0 Å². The van der Waals surface area contributed by atoms with E-state index in [1.807, 2.05) is 19.1 Å². The fraction of sp³-hybridized carbons (Fsp3) is 0.273. The van der Waals surface area contributed by atoms with Gasteiger partial charge in [0.05, 0.1) is 14.2 Å². The summed E-state index contributed by atoms with van der Waals surface area (Å²) in [7, 11) is 3.13. The zero-order valence-corrected chi connectivity index (χ0v) is 23.7. The van der Waals surface area contributed by atoms with Crippen molar-refractivity contribution in [2.75, 3.05) is 14.2 Å². The first-order valence-electron chi connectivity index (χ1n) is 13.5. The van der Waals surface area contributed by atoms with Gasteiger partial charge in [-0.25, -0.2) is 0 Å². The van der Waals surface area contributed by atoms with Crippen molar-refractivity contribution >= 4 is 0 Å². The quantitative estimate of drug-likeness (QED) is 0.0906. The molecule has 222 valence electrons. The topological polar surface area (TPSA) is 160 Å². The third-order valence-corrected chi connectivity index (χ3v) is 7.81. The van der Waals surface area contributed by atoms with Gasteiger partial charge in [0.15, 0.2) is 11.5 Å². The number of benzene rings is 4. The molecule has 0 aliphatic heterocycles. The third-order valence-electron chi connectivity index (χ3n) is 7.81. The van der Waals surface area contributed by atoms with Crippen molar-refractivity contribution in [3.63, 3.8) is 0 Å². The number of rotatable bonds is 11. The predicted molar refractivity (Wildman–Crippen MR) is 157 cm³/mol. The van der Waals surface area contributed by atoms with Gasteiger partial charge in [-0.1, -0.05) is 12.1 Å². The van der Waals surface area contributed by atoms with E-state index in [1.54, 1.807) is 20.3 Å². The van der Waals surface area contributed by atoms with Crippen molar-refractivity contribution < 1.29 is 45.2 Å². The maximum Gasteiger partial charge on any atom is 0.157 e. The van der Waals surface area contributed by atoms with E-state index < -0.39 is 11.5 Å². The zero-order valence-electron chi connectivity index (χ0n) is 23.7. The number of aliphatic hydroxyl groups is 1. The second-order valence-electron chi connectivity index (χ2n) is 10.4. The molecule has 0 aliphatic rings. The smallest absolute Gasteiger partial charge is 0.157 e. The van der Waals surface area contributed by atoms with E-state index in [0.717, 1.165) is 17.2 Å². The van der Waals surface area contributed by atoms with E-state index in [0.29, 0.717) is 23.5 Å². The normalized spacial score (nSPS) is 13.3. The summed E-state index contributed by atoms with van der Waals surface area (Å²) in [6.07, 6.45) is 0.797. The number of phenols is 6. The first kappa shape index (κ1) is 30.2. The molecule has 7 N–H and O–H groups in total. The van der Waals surface area contributed by atoms with Crippen LogP contribution in [0.2, 0.25) is 0 Å². The zero-order chi connectivity index (χ0) is 30.6. The Balaban J connectivity index is 1.85. The molecule has 0 bridgehead atoms. The molecule has 4 aromatic rings. The monoisotopic (exact) mass is 576 g/mol.